The van der Waals surface area contributed by atoms with Crippen LogP contribution in [0.3, 0.4) is 0 Å². The van der Waals surface area contributed by atoms with Crippen molar-refractivity contribution in [3.63, 3.8) is 0 Å². The van der Waals surface area contributed by atoms with Gasteiger partial charge in [0.15, 0.2) is 0 Å². The van der Waals surface area contributed by atoms with E-state index in [9.17, 15) is 4.79 Å². The van der Waals surface area contributed by atoms with E-state index < -0.39 is 0 Å². The molecule has 0 atom stereocenters. The zero-order chi connectivity index (χ0) is 12.7. The first kappa shape index (κ1) is 10.8. The first-order chi connectivity index (χ1) is 8.67. The molecule has 1 N–H and O–H groups in total. The number of rotatable bonds is 2. The number of H-pyrrole nitrogens is 1. The molecule has 90 valence electrons. The fourth-order valence-electron chi connectivity index (χ4n) is 2.16. The smallest absolute Gasteiger partial charge is 0.150 e. The molecule has 3 aromatic heterocycles. The average molecular weight is 238 g/mol. The molecule has 3 heterocycles. The summed E-state index contributed by atoms with van der Waals surface area (Å²) in [6, 6.07) is 7.93. The van der Waals surface area contributed by atoms with E-state index >= 15 is 0 Å². The Kier molecular flexibility index (Phi) is 2.33. The van der Waals surface area contributed by atoms with Crippen LogP contribution in [-0.4, -0.2) is 15.7 Å². The zero-order valence-electron chi connectivity index (χ0n) is 10.4. The van der Waals surface area contributed by atoms with Gasteiger partial charge in [-0.15, -0.1) is 0 Å². The molecule has 3 heteroatoms. The Morgan fingerprint density at radius 2 is 2.06 bits per heavy atom. The van der Waals surface area contributed by atoms with Gasteiger partial charge in [0, 0.05) is 40.4 Å². The molecule has 18 heavy (non-hydrogen) atoms. The van der Waals surface area contributed by atoms with E-state index in [1.807, 2.05) is 22.7 Å². The number of aryl methyl sites for hydroxylation is 2. The Morgan fingerprint density at radius 1 is 1.22 bits per heavy atom. The van der Waals surface area contributed by atoms with E-state index in [0.717, 1.165) is 23.1 Å². The Hall–Kier alpha value is -2.29. The van der Waals surface area contributed by atoms with Crippen LogP contribution in [0.5, 0.6) is 0 Å². The summed E-state index contributed by atoms with van der Waals surface area (Å²) in [7, 11) is 0. The predicted octanol–water partition coefficient (Wildman–Crippen LogP) is 3.36. The lowest BCUT2D eigenvalue weighted by atomic mass is 10.2. The fourth-order valence-corrected chi connectivity index (χ4v) is 2.16. The lowest BCUT2D eigenvalue weighted by Gasteiger charge is -1.93. The monoisotopic (exact) mass is 238 g/mol. The van der Waals surface area contributed by atoms with Crippen molar-refractivity contribution in [1.82, 2.24) is 9.38 Å². The Bertz CT molecular complexity index is 715. The number of aromatic nitrogens is 2. The van der Waals surface area contributed by atoms with Crippen LogP contribution in [0.2, 0.25) is 0 Å². The van der Waals surface area contributed by atoms with E-state index in [-0.39, 0.29) is 0 Å². The second kappa shape index (κ2) is 3.88. The molecular weight excluding hydrogens is 224 g/mol. The van der Waals surface area contributed by atoms with Gasteiger partial charge in [-0.25, -0.2) is 0 Å². The van der Waals surface area contributed by atoms with Gasteiger partial charge in [-0.3, -0.25) is 4.79 Å². The Balaban J connectivity index is 2.15. The van der Waals surface area contributed by atoms with Crippen LogP contribution in [0.15, 0.2) is 36.7 Å². The fraction of sp³-hybridized carbons (Fsp3) is 0.133. The van der Waals surface area contributed by atoms with Crippen molar-refractivity contribution in [2.24, 2.45) is 0 Å². The predicted molar refractivity (Wildman–Crippen MR) is 72.0 cm³/mol. The Morgan fingerprint density at radius 3 is 2.72 bits per heavy atom. The van der Waals surface area contributed by atoms with E-state index in [0.29, 0.717) is 5.56 Å². The van der Waals surface area contributed by atoms with Crippen molar-refractivity contribution in [3.05, 3.63) is 53.5 Å². The van der Waals surface area contributed by atoms with Crippen LogP contribution in [0.1, 0.15) is 21.6 Å². The molecule has 3 aromatic rings. The number of aromatic amines is 1. The highest BCUT2D eigenvalue weighted by molar-refractivity contribution is 5.79. The van der Waals surface area contributed by atoms with Gasteiger partial charge in [-0.1, -0.05) is 0 Å². The molecule has 0 saturated heterocycles. The van der Waals surface area contributed by atoms with Crippen molar-refractivity contribution < 1.29 is 4.79 Å². The van der Waals surface area contributed by atoms with Crippen molar-refractivity contribution in [2.75, 3.05) is 0 Å². The molecule has 0 bridgehead atoms. The minimum atomic E-state index is 0.700. The largest absolute Gasteiger partial charge is 0.358 e. The van der Waals surface area contributed by atoms with Crippen molar-refractivity contribution in [3.8, 4) is 11.3 Å². The molecule has 0 radical (unpaired) electrons. The number of hydrogen-bond donors (Lipinski definition) is 1. The van der Waals surface area contributed by atoms with Gasteiger partial charge >= 0.3 is 0 Å². The van der Waals surface area contributed by atoms with Gasteiger partial charge < -0.3 is 9.38 Å². The summed E-state index contributed by atoms with van der Waals surface area (Å²) in [5, 5.41) is 0. The van der Waals surface area contributed by atoms with Crippen molar-refractivity contribution in [1.29, 1.82) is 0 Å². The number of carbonyl (C=O) groups excluding carboxylic acids is 1. The molecular formula is C15H14N2O. The molecule has 0 aliphatic carbocycles. The minimum absolute atomic E-state index is 0.700. The number of pyridine rings is 1. The maximum atomic E-state index is 10.8. The van der Waals surface area contributed by atoms with E-state index in [1.54, 1.807) is 0 Å². The van der Waals surface area contributed by atoms with Gasteiger partial charge in [0.05, 0.1) is 0 Å². The molecule has 0 saturated carbocycles. The maximum absolute atomic E-state index is 10.8. The topological polar surface area (TPSA) is 37.3 Å². The standard InChI is InChI=1S/C15H14N2O/c1-10-5-15(16-11(10)2)13-7-14-6-12(9-18)3-4-17(14)8-13/h3-9,16H,1-2H3. The lowest BCUT2D eigenvalue weighted by Crippen LogP contribution is -1.84. The first-order valence-electron chi connectivity index (χ1n) is 5.91. The Labute approximate surface area is 105 Å². The summed E-state index contributed by atoms with van der Waals surface area (Å²) < 4.78 is 2.02. The molecule has 0 spiro atoms. The van der Waals surface area contributed by atoms with Crippen LogP contribution in [-0.2, 0) is 0 Å². The van der Waals surface area contributed by atoms with Crippen molar-refractivity contribution >= 4 is 11.8 Å². The number of nitrogens with one attached hydrogen (secondary N) is 1. The first-order valence-corrected chi connectivity index (χ1v) is 5.91. The number of hydrogen-bond acceptors (Lipinski definition) is 1. The SMILES string of the molecule is Cc1cc(-c2cc3cc(C=O)ccn3c2)[nH]c1C. The van der Waals surface area contributed by atoms with Crippen LogP contribution in [0, 0.1) is 13.8 Å². The third-order valence-corrected chi connectivity index (χ3v) is 3.34. The molecule has 0 aliphatic heterocycles. The van der Waals surface area contributed by atoms with Crippen LogP contribution < -0.4 is 0 Å². The van der Waals surface area contributed by atoms with E-state index in [1.165, 1.54) is 11.3 Å². The summed E-state index contributed by atoms with van der Waals surface area (Å²) in [6.07, 6.45) is 4.84. The highest BCUT2D eigenvalue weighted by Crippen LogP contribution is 2.24. The van der Waals surface area contributed by atoms with Gasteiger partial charge in [0.25, 0.3) is 0 Å². The average Bonchev–Trinajstić information content (AvgIpc) is 2.92. The summed E-state index contributed by atoms with van der Waals surface area (Å²) in [5.41, 5.74) is 6.42. The van der Waals surface area contributed by atoms with Crippen LogP contribution in [0.25, 0.3) is 16.8 Å². The molecule has 3 nitrogen and oxygen atoms in total. The normalized spacial score (nSPS) is 11.0. The number of fused-ring (bicyclic) bond motifs is 1. The third kappa shape index (κ3) is 1.64. The molecule has 0 aliphatic rings. The van der Waals surface area contributed by atoms with Gasteiger partial charge in [0.2, 0.25) is 0 Å². The second-order valence-electron chi connectivity index (χ2n) is 4.63. The summed E-state index contributed by atoms with van der Waals surface area (Å²) in [6.45, 7) is 4.16. The lowest BCUT2D eigenvalue weighted by molar-refractivity contribution is 0.112. The zero-order valence-corrected chi connectivity index (χ0v) is 10.4. The molecule has 0 fully saturated rings. The van der Waals surface area contributed by atoms with Crippen molar-refractivity contribution in [2.45, 2.75) is 13.8 Å². The molecule has 0 aromatic carbocycles. The highest BCUT2D eigenvalue weighted by atomic mass is 16.1. The molecule has 0 unspecified atom stereocenters. The van der Waals surface area contributed by atoms with Crippen LogP contribution in [0.4, 0.5) is 0 Å². The summed E-state index contributed by atoms with van der Waals surface area (Å²) in [4.78, 5) is 14.1. The summed E-state index contributed by atoms with van der Waals surface area (Å²) in [5.74, 6) is 0. The van der Waals surface area contributed by atoms with Crippen LogP contribution >= 0.6 is 0 Å². The van der Waals surface area contributed by atoms with Gasteiger partial charge in [-0.2, -0.15) is 0 Å². The molecule has 0 amide bonds. The van der Waals surface area contributed by atoms with Gasteiger partial charge in [0.1, 0.15) is 6.29 Å². The maximum Gasteiger partial charge on any atom is 0.150 e. The van der Waals surface area contributed by atoms with E-state index in [2.05, 4.69) is 37.2 Å². The third-order valence-electron chi connectivity index (χ3n) is 3.34. The summed E-state index contributed by atoms with van der Waals surface area (Å²) >= 11 is 0. The second-order valence-corrected chi connectivity index (χ2v) is 4.63. The number of carbonyl (C=O) groups is 1. The van der Waals surface area contributed by atoms with Gasteiger partial charge in [-0.05, 0) is 43.7 Å². The highest BCUT2D eigenvalue weighted by Gasteiger charge is 2.06. The number of nitrogens with zero attached hydrogens (tertiary/aromatic N) is 1. The minimum Gasteiger partial charge on any atom is -0.358 e. The number of aldehydes is 1. The van der Waals surface area contributed by atoms with E-state index in [4.69, 9.17) is 0 Å². The molecule has 3 rings (SSSR count). The quantitative estimate of drug-likeness (QED) is 0.683.